The first-order valence-corrected chi connectivity index (χ1v) is 12.1. The number of aromatic nitrogens is 6. The maximum atomic E-state index is 13.9. The maximum absolute atomic E-state index is 13.9. The number of aryl methyl sites for hydroxylation is 2. The van der Waals surface area contributed by atoms with Crippen LogP contribution in [0.15, 0.2) is 66.9 Å². The van der Waals surface area contributed by atoms with Crippen LogP contribution in [-0.4, -0.2) is 35.2 Å². The van der Waals surface area contributed by atoms with E-state index >= 15 is 0 Å². The Morgan fingerprint density at radius 1 is 1.00 bits per heavy atom. The number of carbonyl (C=O) groups is 1. The second-order valence-corrected chi connectivity index (χ2v) is 9.23. The Bertz CT molecular complexity index is 1810. The second-order valence-electron chi connectivity index (χ2n) is 8.43. The summed E-state index contributed by atoms with van der Waals surface area (Å²) >= 11 is 1.14. The average Bonchev–Trinajstić information content (AvgIpc) is 3.51. The van der Waals surface area contributed by atoms with E-state index in [2.05, 4.69) is 25.3 Å². The predicted octanol–water partition coefficient (Wildman–Crippen LogP) is 5.48. The molecule has 0 fully saturated rings. The first-order chi connectivity index (χ1) is 18.0. The van der Waals surface area contributed by atoms with Crippen molar-refractivity contribution in [3.63, 3.8) is 0 Å². The van der Waals surface area contributed by atoms with Crippen LogP contribution in [0.3, 0.4) is 0 Å². The number of anilines is 3. The van der Waals surface area contributed by atoms with Crippen LogP contribution in [0, 0.1) is 12.7 Å². The van der Waals surface area contributed by atoms with Gasteiger partial charge in [-0.3, -0.25) is 4.79 Å². The Hall–Kier alpha value is -4.77. The molecule has 0 aliphatic rings. The maximum Gasteiger partial charge on any atom is 0.276 e. The van der Waals surface area contributed by atoms with Gasteiger partial charge in [0, 0.05) is 18.1 Å². The third-order valence-electron chi connectivity index (χ3n) is 5.94. The van der Waals surface area contributed by atoms with Gasteiger partial charge in [0.1, 0.15) is 17.2 Å². The molecule has 0 spiro atoms. The number of nitrogens with one attached hydrogen (secondary N) is 2. The van der Waals surface area contributed by atoms with Crippen LogP contribution in [0.5, 0.6) is 0 Å². The zero-order chi connectivity index (χ0) is 25.5. The number of halogens is 1. The molecule has 2 aromatic carbocycles. The van der Waals surface area contributed by atoms with Crippen molar-refractivity contribution in [2.45, 2.75) is 6.92 Å². The van der Waals surface area contributed by atoms with Crippen LogP contribution in [0.2, 0.25) is 0 Å². The van der Waals surface area contributed by atoms with E-state index in [1.54, 1.807) is 30.1 Å². The first kappa shape index (κ1) is 22.7. The van der Waals surface area contributed by atoms with Crippen LogP contribution in [-0.2, 0) is 7.05 Å². The minimum Gasteiger partial charge on any atom is -0.338 e. The van der Waals surface area contributed by atoms with E-state index in [0.717, 1.165) is 33.2 Å². The fraction of sp³-hybridized carbons (Fsp3) is 0.0769. The zero-order valence-electron chi connectivity index (χ0n) is 19.7. The predicted molar refractivity (Wildman–Crippen MR) is 142 cm³/mol. The van der Waals surface area contributed by atoms with E-state index in [0.29, 0.717) is 33.6 Å². The summed E-state index contributed by atoms with van der Waals surface area (Å²) in [5.74, 6) is -0.465. The molecular formula is C26H19FN8OS. The molecule has 37 heavy (non-hydrogen) atoms. The van der Waals surface area contributed by atoms with Crippen LogP contribution >= 0.6 is 11.5 Å². The van der Waals surface area contributed by atoms with Gasteiger partial charge in [0.2, 0.25) is 0 Å². The van der Waals surface area contributed by atoms with Gasteiger partial charge in [-0.05, 0) is 66.5 Å². The zero-order valence-corrected chi connectivity index (χ0v) is 20.5. The van der Waals surface area contributed by atoms with Crippen LogP contribution in [0.4, 0.5) is 21.6 Å². The highest BCUT2D eigenvalue weighted by Gasteiger charge is 2.19. The molecule has 0 bridgehead atoms. The number of para-hydroxylation sites is 1. The van der Waals surface area contributed by atoms with Crippen molar-refractivity contribution in [2.75, 3.05) is 10.6 Å². The summed E-state index contributed by atoms with van der Waals surface area (Å²) in [5, 5.41) is 14.6. The minimum atomic E-state index is -0.474. The lowest BCUT2D eigenvalue weighted by molar-refractivity contribution is 0.102. The Morgan fingerprint density at radius 2 is 1.86 bits per heavy atom. The summed E-state index contributed by atoms with van der Waals surface area (Å²) in [4.78, 5) is 22.8. The molecule has 0 aliphatic carbocycles. The number of carbonyl (C=O) groups excluding carboxylic acids is 1. The van der Waals surface area contributed by atoms with Crippen molar-refractivity contribution >= 4 is 55.8 Å². The number of nitrogens with zero attached hydrogens (tertiary/aromatic N) is 6. The molecule has 0 unspecified atom stereocenters. The largest absolute Gasteiger partial charge is 0.338 e. The minimum absolute atomic E-state index is 0.143. The second kappa shape index (κ2) is 9.03. The third-order valence-corrected chi connectivity index (χ3v) is 6.77. The van der Waals surface area contributed by atoms with Gasteiger partial charge in [0.25, 0.3) is 5.91 Å². The van der Waals surface area contributed by atoms with Gasteiger partial charge in [-0.2, -0.15) is 4.37 Å². The molecule has 6 aromatic rings. The lowest BCUT2D eigenvalue weighted by atomic mass is 10.2. The fourth-order valence-corrected chi connectivity index (χ4v) is 4.76. The molecule has 0 radical (unpaired) electrons. The first-order valence-electron chi connectivity index (χ1n) is 11.3. The average molecular weight is 511 g/mol. The molecule has 6 rings (SSSR count). The van der Waals surface area contributed by atoms with Gasteiger partial charge >= 0.3 is 0 Å². The summed E-state index contributed by atoms with van der Waals surface area (Å²) in [6.07, 6.45) is 1.63. The Labute approximate surface area is 214 Å². The molecule has 4 aromatic heterocycles. The summed E-state index contributed by atoms with van der Waals surface area (Å²) in [6, 6.07) is 17.5. The van der Waals surface area contributed by atoms with Crippen molar-refractivity contribution < 1.29 is 9.18 Å². The fourth-order valence-electron chi connectivity index (χ4n) is 4.01. The smallest absolute Gasteiger partial charge is 0.276 e. The van der Waals surface area contributed by atoms with Crippen molar-refractivity contribution in [2.24, 2.45) is 7.05 Å². The summed E-state index contributed by atoms with van der Waals surface area (Å²) < 4.78 is 20.5. The van der Waals surface area contributed by atoms with E-state index in [1.807, 2.05) is 43.3 Å². The normalized spacial score (nSPS) is 11.2. The van der Waals surface area contributed by atoms with Gasteiger partial charge in [-0.25, -0.2) is 19.0 Å². The molecule has 2 N–H and O–H groups in total. The van der Waals surface area contributed by atoms with Crippen molar-refractivity contribution in [3.05, 3.63) is 83.9 Å². The molecule has 0 aliphatic heterocycles. The summed E-state index contributed by atoms with van der Waals surface area (Å²) in [5.41, 5.74) is 5.02. The van der Waals surface area contributed by atoms with Gasteiger partial charge in [0.15, 0.2) is 5.82 Å². The monoisotopic (exact) mass is 510 g/mol. The molecule has 9 nitrogen and oxygen atoms in total. The molecule has 182 valence electrons. The van der Waals surface area contributed by atoms with Crippen molar-refractivity contribution in [3.8, 4) is 11.4 Å². The number of rotatable bonds is 5. The number of pyridine rings is 2. The highest BCUT2D eigenvalue weighted by molar-refractivity contribution is 7.13. The number of benzene rings is 2. The number of amides is 1. The number of fused-ring (bicyclic) bond motifs is 2. The molecule has 4 heterocycles. The van der Waals surface area contributed by atoms with Crippen LogP contribution in [0.1, 0.15) is 16.1 Å². The van der Waals surface area contributed by atoms with Crippen LogP contribution < -0.4 is 10.6 Å². The van der Waals surface area contributed by atoms with E-state index in [9.17, 15) is 9.18 Å². The molecule has 11 heteroatoms. The molecule has 0 saturated carbocycles. The Kier molecular flexibility index (Phi) is 5.53. The lowest BCUT2D eigenvalue weighted by Crippen LogP contribution is -2.14. The lowest BCUT2D eigenvalue weighted by Gasteiger charge is -2.15. The Morgan fingerprint density at radius 3 is 2.68 bits per heavy atom. The Balaban J connectivity index is 1.45. The topological polar surface area (TPSA) is 111 Å². The highest BCUT2D eigenvalue weighted by atomic mass is 32.1. The van der Waals surface area contributed by atoms with E-state index < -0.39 is 11.7 Å². The number of hydrogen-bond acceptors (Lipinski definition) is 8. The quantitative estimate of drug-likeness (QED) is 0.316. The molecular weight excluding hydrogens is 491 g/mol. The third kappa shape index (κ3) is 4.25. The molecule has 0 atom stereocenters. The van der Waals surface area contributed by atoms with Crippen molar-refractivity contribution in [1.29, 1.82) is 0 Å². The number of hydrogen-bond donors (Lipinski definition) is 2. The van der Waals surface area contributed by atoms with Gasteiger partial charge in [-0.1, -0.05) is 23.4 Å². The summed E-state index contributed by atoms with van der Waals surface area (Å²) in [7, 11) is 1.79. The van der Waals surface area contributed by atoms with E-state index in [1.165, 1.54) is 12.1 Å². The van der Waals surface area contributed by atoms with Gasteiger partial charge in [0.05, 0.1) is 33.3 Å². The van der Waals surface area contributed by atoms with Crippen molar-refractivity contribution in [1.82, 2.24) is 29.3 Å². The molecule has 0 saturated heterocycles. The van der Waals surface area contributed by atoms with Gasteiger partial charge < -0.3 is 10.6 Å². The molecule has 1 amide bonds. The van der Waals surface area contributed by atoms with E-state index in [4.69, 9.17) is 9.97 Å². The van der Waals surface area contributed by atoms with Crippen LogP contribution in [0.25, 0.3) is 32.5 Å². The standard InChI is InChI=1S/C26H19FN8OS/c1-14-5-3-4-6-17(14)30-25-21(32-26(36)24-16-11-15(27)7-10-23(16)37-33-24)12-20-18(31-25)8-9-19(29-20)22-13-28-34-35(22)2/h3-13H,1-2H3,(H,30,31)(H,32,36). The van der Waals surface area contributed by atoms with Gasteiger partial charge in [-0.15, -0.1) is 5.10 Å². The summed E-state index contributed by atoms with van der Waals surface area (Å²) in [6.45, 7) is 1.98. The van der Waals surface area contributed by atoms with E-state index in [-0.39, 0.29) is 5.69 Å². The SMILES string of the molecule is Cc1ccccc1Nc1nc2ccc(-c3cnnn3C)nc2cc1NC(=O)c1nsc2ccc(F)cc12. The highest BCUT2D eigenvalue weighted by Crippen LogP contribution is 2.31.